The van der Waals surface area contributed by atoms with E-state index < -0.39 is 0 Å². The monoisotopic (exact) mass is 250 g/mol. The lowest BCUT2D eigenvalue weighted by Crippen LogP contribution is -2.23. The smallest absolute Gasteiger partial charge is 0.166 e. The van der Waals surface area contributed by atoms with Gasteiger partial charge < -0.3 is 5.11 Å². The van der Waals surface area contributed by atoms with Crippen LogP contribution in [0, 0.1) is 5.92 Å². The van der Waals surface area contributed by atoms with Crippen LogP contribution in [0.3, 0.4) is 0 Å². The number of nitrogens with zero attached hydrogens (tertiary/aromatic N) is 2. The lowest BCUT2D eigenvalue weighted by molar-refractivity contribution is 0.0949. The highest BCUT2D eigenvalue weighted by Gasteiger charge is 2.34. The summed E-state index contributed by atoms with van der Waals surface area (Å²) in [5.41, 5.74) is 2.57. The van der Waals surface area contributed by atoms with Crippen LogP contribution in [-0.4, -0.2) is 27.3 Å². The van der Waals surface area contributed by atoms with Gasteiger partial charge in [-0.2, -0.15) is 5.10 Å². The topological polar surface area (TPSA) is 55.1 Å². The Hall–Kier alpha value is -1.16. The van der Waals surface area contributed by atoms with E-state index in [1.807, 2.05) is 4.68 Å². The molecule has 1 unspecified atom stereocenters. The summed E-state index contributed by atoms with van der Waals surface area (Å²) < 4.78 is 1.82. The first-order chi connectivity index (χ1) is 8.34. The van der Waals surface area contributed by atoms with Crippen LogP contribution < -0.4 is 0 Å². The number of aliphatic hydroxyl groups excluding tert-OH is 1. The highest BCUT2D eigenvalue weighted by molar-refractivity contribution is 5.99. The van der Waals surface area contributed by atoms with Crippen LogP contribution in [0.25, 0.3) is 0 Å². The molecule has 1 aliphatic carbocycles. The van der Waals surface area contributed by atoms with Crippen molar-refractivity contribution in [3.63, 3.8) is 0 Å². The van der Waals surface area contributed by atoms with Gasteiger partial charge in [0.05, 0.1) is 24.4 Å². The molecule has 0 fully saturated rings. The lowest BCUT2D eigenvalue weighted by Gasteiger charge is -2.22. The van der Waals surface area contributed by atoms with Crippen molar-refractivity contribution < 1.29 is 9.90 Å². The molecule has 1 N–H and O–H groups in total. The number of Topliss-reactive ketones (excluding diaryl/α,β-unsaturated/α-hetero) is 1. The molecule has 0 saturated heterocycles. The van der Waals surface area contributed by atoms with E-state index in [1.165, 1.54) is 0 Å². The molecule has 100 valence electrons. The van der Waals surface area contributed by atoms with Crippen LogP contribution in [0.4, 0.5) is 0 Å². The molecule has 0 aromatic carbocycles. The summed E-state index contributed by atoms with van der Waals surface area (Å²) in [6.07, 6.45) is 1.49. The minimum atomic E-state index is -0.138. The van der Waals surface area contributed by atoms with Crippen molar-refractivity contribution in [2.75, 3.05) is 6.61 Å². The maximum absolute atomic E-state index is 12.3. The van der Waals surface area contributed by atoms with Gasteiger partial charge in [0.25, 0.3) is 0 Å². The number of carbonyl (C=O) groups excluding carboxylic acids is 1. The number of rotatable bonds is 2. The maximum atomic E-state index is 12.3. The molecule has 1 aromatic rings. The van der Waals surface area contributed by atoms with E-state index in [1.54, 1.807) is 0 Å². The summed E-state index contributed by atoms with van der Waals surface area (Å²) >= 11 is 0. The third-order valence-electron chi connectivity index (χ3n) is 3.43. The van der Waals surface area contributed by atoms with Crippen molar-refractivity contribution >= 4 is 5.78 Å². The van der Waals surface area contributed by atoms with E-state index >= 15 is 0 Å². The number of aliphatic hydroxyl groups is 1. The summed E-state index contributed by atoms with van der Waals surface area (Å²) in [7, 11) is 0. The van der Waals surface area contributed by atoms with Crippen LogP contribution in [0.1, 0.15) is 55.9 Å². The predicted octanol–water partition coefficient (Wildman–Crippen LogP) is 1.94. The Kier molecular flexibility index (Phi) is 3.32. The fourth-order valence-electron chi connectivity index (χ4n) is 2.62. The first-order valence-corrected chi connectivity index (χ1v) is 6.58. The standard InChI is InChI=1S/C14H22N2O2/c1-9-7-10-12(11(18)8-9)13(14(2,3)4)15-16(10)5-6-17/h9,17H,5-8H2,1-4H3. The average Bonchev–Trinajstić information content (AvgIpc) is 2.57. The van der Waals surface area contributed by atoms with E-state index in [4.69, 9.17) is 5.11 Å². The first kappa shape index (κ1) is 13.3. The average molecular weight is 250 g/mol. The largest absolute Gasteiger partial charge is 0.394 e. The number of ketones is 1. The van der Waals surface area contributed by atoms with Crippen molar-refractivity contribution in [1.29, 1.82) is 0 Å². The molecule has 0 amide bonds. The Balaban J connectivity index is 2.58. The van der Waals surface area contributed by atoms with Gasteiger partial charge in [0.1, 0.15) is 0 Å². The number of fused-ring (bicyclic) bond motifs is 1. The zero-order chi connectivity index (χ0) is 13.5. The van der Waals surface area contributed by atoms with Crippen LogP contribution in [0.5, 0.6) is 0 Å². The van der Waals surface area contributed by atoms with Gasteiger partial charge >= 0.3 is 0 Å². The minimum Gasteiger partial charge on any atom is -0.394 e. The molecule has 1 aromatic heterocycles. The second-order valence-corrected chi connectivity index (χ2v) is 6.30. The lowest BCUT2D eigenvalue weighted by atomic mass is 9.81. The number of hydrogen-bond donors (Lipinski definition) is 1. The van der Waals surface area contributed by atoms with E-state index in [0.29, 0.717) is 18.9 Å². The third kappa shape index (κ3) is 2.21. The quantitative estimate of drug-likeness (QED) is 0.872. The van der Waals surface area contributed by atoms with E-state index in [-0.39, 0.29) is 17.8 Å². The SMILES string of the molecule is CC1CC(=O)c2c(C(C)(C)C)nn(CCO)c2C1. The van der Waals surface area contributed by atoms with Crippen molar-refractivity contribution in [3.8, 4) is 0 Å². The highest BCUT2D eigenvalue weighted by atomic mass is 16.3. The summed E-state index contributed by atoms with van der Waals surface area (Å²) in [4.78, 5) is 12.3. The van der Waals surface area contributed by atoms with Gasteiger partial charge in [0.2, 0.25) is 0 Å². The first-order valence-electron chi connectivity index (χ1n) is 6.58. The van der Waals surface area contributed by atoms with Gasteiger partial charge in [-0.3, -0.25) is 9.48 Å². The van der Waals surface area contributed by atoms with Gasteiger partial charge in [-0.15, -0.1) is 0 Å². The molecule has 18 heavy (non-hydrogen) atoms. The molecular formula is C14H22N2O2. The molecular weight excluding hydrogens is 228 g/mol. The van der Waals surface area contributed by atoms with Crippen LogP contribution in [-0.2, 0) is 18.4 Å². The second kappa shape index (κ2) is 4.50. The predicted molar refractivity (Wildman–Crippen MR) is 69.8 cm³/mol. The Morgan fingerprint density at radius 3 is 2.61 bits per heavy atom. The number of carbonyl (C=O) groups is 1. The molecule has 0 radical (unpaired) electrons. The molecule has 0 bridgehead atoms. The van der Waals surface area contributed by atoms with Gasteiger partial charge in [0.15, 0.2) is 5.78 Å². The summed E-state index contributed by atoms with van der Waals surface area (Å²) in [5, 5.41) is 13.7. The van der Waals surface area contributed by atoms with Crippen LogP contribution in [0.15, 0.2) is 0 Å². The fraction of sp³-hybridized carbons (Fsp3) is 0.714. The Morgan fingerprint density at radius 2 is 2.06 bits per heavy atom. The Labute approximate surface area is 108 Å². The van der Waals surface area contributed by atoms with Crippen molar-refractivity contribution in [2.45, 2.75) is 52.5 Å². The molecule has 2 rings (SSSR count). The fourth-order valence-corrected chi connectivity index (χ4v) is 2.62. The van der Waals surface area contributed by atoms with Crippen molar-refractivity contribution in [3.05, 3.63) is 17.0 Å². The molecule has 4 nitrogen and oxygen atoms in total. The van der Waals surface area contributed by atoms with Gasteiger partial charge in [-0.1, -0.05) is 27.7 Å². The molecule has 1 heterocycles. The summed E-state index contributed by atoms with van der Waals surface area (Å²) in [6, 6.07) is 0. The third-order valence-corrected chi connectivity index (χ3v) is 3.43. The van der Waals surface area contributed by atoms with E-state index in [0.717, 1.165) is 23.4 Å². The molecule has 1 aliphatic rings. The molecule has 0 spiro atoms. The summed E-state index contributed by atoms with van der Waals surface area (Å²) in [6.45, 7) is 8.84. The van der Waals surface area contributed by atoms with Crippen LogP contribution in [0.2, 0.25) is 0 Å². The second-order valence-electron chi connectivity index (χ2n) is 6.30. The van der Waals surface area contributed by atoms with E-state index in [9.17, 15) is 4.79 Å². The van der Waals surface area contributed by atoms with Crippen molar-refractivity contribution in [1.82, 2.24) is 9.78 Å². The van der Waals surface area contributed by atoms with E-state index in [2.05, 4.69) is 32.8 Å². The van der Waals surface area contributed by atoms with Crippen molar-refractivity contribution in [2.24, 2.45) is 5.92 Å². The molecule has 0 aliphatic heterocycles. The molecule has 1 atom stereocenters. The summed E-state index contributed by atoms with van der Waals surface area (Å²) in [5.74, 6) is 0.574. The molecule has 4 heteroatoms. The zero-order valence-corrected chi connectivity index (χ0v) is 11.7. The molecule has 0 saturated carbocycles. The Morgan fingerprint density at radius 1 is 1.39 bits per heavy atom. The van der Waals surface area contributed by atoms with Gasteiger partial charge in [0, 0.05) is 17.5 Å². The minimum absolute atomic E-state index is 0.0558. The zero-order valence-electron chi connectivity index (χ0n) is 11.7. The van der Waals surface area contributed by atoms with Gasteiger partial charge in [-0.05, 0) is 12.3 Å². The van der Waals surface area contributed by atoms with Gasteiger partial charge in [-0.25, -0.2) is 0 Å². The number of hydrogen-bond acceptors (Lipinski definition) is 3. The highest BCUT2D eigenvalue weighted by Crippen LogP contribution is 2.33. The normalized spacial score (nSPS) is 20.1. The maximum Gasteiger partial charge on any atom is 0.166 e. The number of aromatic nitrogens is 2. The van der Waals surface area contributed by atoms with Crippen LogP contribution >= 0.6 is 0 Å². The Bertz CT molecular complexity index is 469.